The van der Waals surface area contributed by atoms with Gasteiger partial charge in [-0.3, -0.25) is 15.0 Å². The van der Waals surface area contributed by atoms with E-state index in [0.29, 0.717) is 11.3 Å². The molecule has 0 unspecified atom stereocenters. The van der Waals surface area contributed by atoms with Crippen molar-refractivity contribution < 1.29 is 28.3 Å². The van der Waals surface area contributed by atoms with Gasteiger partial charge in [-0.05, 0) is 42.0 Å². The van der Waals surface area contributed by atoms with Crippen molar-refractivity contribution in [2.24, 2.45) is 0 Å². The Kier molecular flexibility index (Phi) is 4.85. The molecule has 0 radical (unpaired) electrons. The van der Waals surface area contributed by atoms with Gasteiger partial charge in [0.2, 0.25) is 0 Å². The standard InChI is InChI=1S/C21H12ClFN2O5/c22-16-9-13(5-7-17(16)23)25-20(27)15(19(26)24-25)10-14-6-8-18(30-14)11-1-3-12(4-2-11)21(28)29/h1-10H,(H,24,26)(H,28,29)/p-1/b15-10-. The van der Waals surface area contributed by atoms with Crippen molar-refractivity contribution in [3.63, 3.8) is 0 Å². The third kappa shape index (κ3) is 3.56. The van der Waals surface area contributed by atoms with Gasteiger partial charge in [-0.25, -0.2) is 9.40 Å². The van der Waals surface area contributed by atoms with Gasteiger partial charge in [-0.1, -0.05) is 35.9 Å². The number of halogens is 2. The largest absolute Gasteiger partial charge is 0.545 e. The number of benzene rings is 2. The van der Waals surface area contributed by atoms with Gasteiger partial charge >= 0.3 is 0 Å². The summed E-state index contributed by atoms with van der Waals surface area (Å²) in [4.78, 5) is 35.7. The van der Waals surface area contributed by atoms with Crippen molar-refractivity contribution in [2.45, 2.75) is 0 Å². The van der Waals surface area contributed by atoms with Crippen LogP contribution in [0.1, 0.15) is 16.1 Å². The lowest BCUT2D eigenvalue weighted by Crippen LogP contribution is -2.35. The van der Waals surface area contributed by atoms with Gasteiger partial charge in [-0.2, -0.15) is 0 Å². The Bertz CT molecular complexity index is 1220. The lowest BCUT2D eigenvalue weighted by Gasteiger charge is -2.14. The summed E-state index contributed by atoms with van der Waals surface area (Å²) in [6.45, 7) is 0. The number of carboxylic acid groups (broad SMARTS) is 1. The quantitative estimate of drug-likeness (QED) is 0.511. The molecule has 1 aliphatic rings. The zero-order valence-electron chi connectivity index (χ0n) is 15.0. The van der Waals surface area contributed by atoms with Crippen molar-refractivity contribution in [1.29, 1.82) is 0 Å². The van der Waals surface area contributed by atoms with E-state index in [1.54, 1.807) is 24.3 Å². The summed E-state index contributed by atoms with van der Waals surface area (Å²) >= 11 is 5.74. The summed E-state index contributed by atoms with van der Waals surface area (Å²) in [6.07, 6.45) is 1.28. The van der Waals surface area contributed by atoms with E-state index >= 15 is 0 Å². The lowest BCUT2D eigenvalue weighted by molar-refractivity contribution is -0.255. The predicted octanol–water partition coefficient (Wildman–Crippen LogP) is 2.56. The van der Waals surface area contributed by atoms with Crippen LogP contribution in [0.3, 0.4) is 0 Å². The summed E-state index contributed by atoms with van der Waals surface area (Å²) in [5.74, 6) is -2.59. The molecule has 1 aliphatic heterocycles. The van der Waals surface area contributed by atoms with Gasteiger partial charge in [0.15, 0.2) is 0 Å². The summed E-state index contributed by atoms with van der Waals surface area (Å²) in [6, 6.07) is 12.7. The van der Waals surface area contributed by atoms with Crippen LogP contribution in [0.2, 0.25) is 5.02 Å². The minimum absolute atomic E-state index is 0.0295. The van der Waals surface area contributed by atoms with Crippen LogP contribution in [0.25, 0.3) is 17.4 Å². The average Bonchev–Trinajstić information content (AvgIpc) is 3.30. The van der Waals surface area contributed by atoms with Crippen molar-refractivity contribution in [3.8, 4) is 11.3 Å². The molecule has 7 nitrogen and oxygen atoms in total. The molecule has 1 fully saturated rings. The first kappa shape index (κ1) is 19.4. The van der Waals surface area contributed by atoms with Crippen molar-refractivity contribution >= 4 is 41.1 Å². The molecular formula is C21H11ClFN2O5-. The van der Waals surface area contributed by atoms with Crippen LogP contribution in [-0.2, 0) is 9.59 Å². The Balaban J connectivity index is 1.59. The Morgan fingerprint density at radius 3 is 2.50 bits per heavy atom. The smallest absolute Gasteiger partial charge is 0.282 e. The number of amides is 2. The fraction of sp³-hybridized carbons (Fsp3) is 0. The number of hydrazine groups is 1. The molecule has 1 N–H and O–H groups in total. The van der Waals surface area contributed by atoms with E-state index in [-0.39, 0.29) is 27.6 Å². The van der Waals surface area contributed by atoms with Gasteiger partial charge in [0.05, 0.1) is 16.7 Å². The van der Waals surface area contributed by atoms with E-state index in [2.05, 4.69) is 5.43 Å². The normalized spacial score (nSPS) is 15.0. The van der Waals surface area contributed by atoms with Crippen LogP contribution < -0.4 is 15.5 Å². The fourth-order valence-electron chi connectivity index (χ4n) is 2.86. The number of hydrogen-bond acceptors (Lipinski definition) is 5. The Morgan fingerprint density at radius 1 is 1.10 bits per heavy atom. The highest BCUT2D eigenvalue weighted by Crippen LogP contribution is 2.28. The molecule has 150 valence electrons. The topological polar surface area (TPSA) is 103 Å². The van der Waals surface area contributed by atoms with Crippen LogP contribution in [0, 0.1) is 5.82 Å². The van der Waals surface area contributed by atoms with Gasteiger partial charge in [0.1, 0.15) is 22.9 Å². The SMILES string of the molecule is O=C1NN(c2ccc(F)c(Cl)c2)C(=O)/C1=C\c1ccc(-c2ccc(C(=O)[O-])cc2)o1. The van der Waals surface area contributed by atoms with E-state index < -0.39 is 23.6 Å². The van der Waals surface area contributed by atoms with E-state index in [0.717, 1.165) is 11.1 Å². The fourth-order valence-corrected chi connectivity index (χ4v) is 3.04. The Labute approximate surface area is 173 Å². The monoisotopic (exact) mass is 425 g/mol. The van der Waals surface area contributed by atoms with Crippen LogP contribution in [0.15, 0.2) is 64.6 Å². The van der Waals surface area contributed by atoms with Gasteiger partial charge in [0, 0.05) is 5.56 Å². The van der Waals surface area contributed by atoms with E-state index in [1.165, 1.54) is 30.3 Å². The van der Waals surface area contributed by atoms with Crippen molar-refractivity contribution in [2.75, 3.05) is 5.01 Å². The first-order chi connectivity index (χ1) is 14.3. The molecule has 2 aromatic carbocycles. The zero-order valence-corrected chi connectivity index (χ0v) is 15.8. The van der Waals surface area contributed by atoms with Gasteiger partial charge < -0.3 is 14.3 Å². The maximum Gasteiger partial charge on any atom is 0.282 e. The second kappa shape index (κ2) is 7.49. The summed E-state index contributed by atoms with van der Waals surface area (Å²) in [5, 5.41) is 11.6. The number of furan rings is 1. The Hall–Kier alpha value is -3.91. The van der Waals surface area contributed by atoms with Crippen molar-refractivity contribution in [1.82, 2.24) is 5.43 Å². The molecular weight excluding hydrogens is 415 g/mol. The number of nitrogens with one attached hydrogen (secondary N) is 1. The summed E-state index contributed by atoms with van der Waals surface area (Å²) < 4.78 is 19.0. The van der Waals surface area contributed by atoms with Gasteiger partial charge in [0.25, 0.3) is 11.8 Å². The highest BCUT2D eigenvalue weighted by molar-refractivity contribution is 6.33. The maximum absolute atomic E-state index is 13.3. The molecule has 1 aromatic heterocycles. The number of carboxylic acids is 1. The minimum Gasteiger partial charge on any atom is -0.545 e. The summed E-state index contributed by atoms with van der Waals surface area (Å²) in [5.41, 5.74) is 3.05. The van der Waals surface area contributed by atoms with Crippen molar-refractivity contribution in [3.05, 3.63) is 82.3 Å². The Morgan fingerprint density at radius 2 is 1.83 bits per heavy atom. The molecule has 9 heteroatoms. The van der Waals surface area contributed by atoms with Crippen LogP contribution >= 0.6 is 11.6 Å². The molecule has 0 bridgehead atoms. The molecule has 1 saturated heterocycles. The number of carbonyl (C=O) groups is 3. The maximum atomic E-state index is 13.3. The minimum atomic E-state index is -1.29. The van der Waals surface area contributed by atoms with Crippen LogP contribution in [0.4, 0.5) is 10.1 Å². The molecule has 0 atom stereocenters. The van der Waals surface area contributed by atoms with E-state index in [9.17, 15) is 23.9 Å². The first-order valence-electron chi connectivity index (χ1n) is 8.57. The molecule has 4 rings (SSSR count). The third-order valence-corrected chi connectivity index (χ3v) is 4.66. The lowest BCUT2D eigenvalue weighted by atomic mass is 10.1. The second-order valence-electron chi connectivity index (χ2n) is 6.30. The number of anilines is 1. The number of carbonyl (C=O) groups excluding carboxylic acids is 3. The molecule has 3 aromatic rings. The predicted molar refractivity (Wildman–Crippen MR) is 103 cm³/mol. The zero-order chi connectivity index (χ0) is 21.4. The number of hydrogen-bond donors (Lipinski definition) is 1. The number of nitrogens with zero attached hydrogens (tertiary/aromatic N) is 1. The summed E-state index contributed by atoms with van der Waals surface area (Å²) in [7, 11) is 0. The average molecular weight is 426 g/mol. The third-order valence-electron chi connectivity index (χ3n) is 4.37. The molecule has 2 amide bonds. The van der Waals surface area contributed by atoms with E-state index in [1.807, 2.05) is 0 Å². The number of rotatable bonds is 4. The molecule has 0 spiro atoms. The van der Waals surface area contributed by atoms with Crippen LogP contribution in [-0.4, -0.2) is 17.8 Å². The van der Waals surface area contributed by atoms with Gasteiger partial charge in [-0.15, -0.1) is 0 Å². The molecule has 30 heavy (non-hydrogen) atoms. The highest BCUT2D eigenvalue weighted by atomic mass is 35.5. The number of aromatic carboxylic acids is 1. The second-order valence-corrected chi connectivity index (χ2v) is 6.71. The van der Waals surface area contributed by atoms with Crippen LogP contribution in [0.5, 0.6) is 0 Å². The van der Waals surface area contributed by atoms with E-state index in [4.69, 9.17) is 16.0 Å². The molecule has 2 heterocycles. The first-order valence-corrected chi connectivity index (χ1v) is 8.95. The molecule has 0 aliphatic carbocycles. The highest BCUT2D eigenvalue weighted by Gasteiger charge is 2.35. The molecule has 0 saturated carbocycles.